The van der Waals surface area contributed by atoms with E-state index >= 15 is 0 Å². The number of hydrogen-bond donors (Lipinski definition) is 1. The molecular formula is C13H17N5O4. The van der Waals surface area contributed by atoms with Crippen LogP contribution in [0.25, 0.3) is 11.2 Å². The number of nitrogens with two attached hydrogens (primary N) is 1. The van der Waals surface area contributed by atoms with Gasteiger partial charge in [0, 0.05) is 13.7 Å². The minimum atomic E-state index is -0.733. The van der Waals surface area contributed by atoms with Crippen LogP contribution in [0.5, 0.6) is 0 Å². The van der Waals surface area contributed by atoms with Crippen molar-refractivity contribution in [2.45, 2.75) is 32.0 Å². The van der Waals surface area contributed by atoms with E-state index in [4.69, 9.17) is 10.5 Å². The van der Waals surface area contributed by atoms with Crippen LogP contribution in [0.1, 0.15) is 19.4 Å². The molecule has 0 aliphatic carbocycles. The number of carbonyl (C=O) groups excluding carboxylic acids is 1. The van der Waals surface area contributed by atoms with Crippen LogP contribution in [0.3, 0.4) is 0 Å². The maximum atomic E-state index is 12.7. The number of hydrogen-bond acceptors (Lipinski definition) is 5. The molecule has 3 rings (SSSR count). The normalized spacial score (nSPS) is 19.1. The Balaban J connectivity index is 2.24. The second-order valence-electron chi connectivity index (χ2n) is 5.44. The Kier molecular flexibility index (Phi) is 3.36. The summed E-state index contributed by atoms with van der Waals surface area (Å²) in [6, 6.07) is -0.733. The van der Waals surface area contributed by atoms with E-state index in [-0.39, 0.29) is 23.8 Å². The zero-order valence-corrected chi connectivity index (χ0v) is 12.4. The molecule has 0 saturated carbocycles. The Morgan fingerprint density at radius 2 is 2.23 bits per heavy atom. The fourth-order valence-corrected chi connectivity index (χ4v) is 2.51. The molecule has 9 heteroatoms. The second kappa shape index (κ2) is 5.09. The first-order chi connectivity index (χ1) is 10.4. The van der Waals surface area contributed by atoms with Crippen LogP contribution in [0.4, 0.5) is 0 Å². The average molecular weight is 307 g/mol. The second-order valence-corrected chi connectivity index (χ2v) is 5.44. The van der Waals surface area contributed by atoms with Crippen molar-refractivity contribution in [3.8, 4) is 0 Å². The third-order valence-corrected chi connectivity index (χ3v) is 4.07. The summed E-state index contributed by atoms with van der Waals surface area (Å²) in [6.45, 7) is 2.41. The van der Waals surface area contributed by atoms with Gasteiger partial charge in [-0.3, -0.25) is 18.7 Å². The van der Waals surface area contributed by atoms with Gasteiger partial charge in [-0.1, -0.05) is 0 Å². The lowest BCUT2D eigenvalue weighted by Gasteiger charge is -2.26. The molecule has 1 unspecified atom stereocenters. The molecule has 3 heterocycles. The average Bonchev–Trinajstić information content (AvgIpc) is 2.87. The number of aryl methyl sites for hydroxylation is 1. The largest absolute Gasteiger partial charge is 0.376 e. The van der Waals surface area contributed by atoms with Crippen molar-refractivity contribution in [1.82, 2.24) is 18.7 Å². The number of rotatable bonds is 4. The predicted octanol–water partition coefficient (Wildman–Crippen LogP) is -1.27. The molecule has 0 aromatic carbocycles. The Morgan fingerprint density at radius 3 is 2.77 bits per heavy atom. The summed E-state index contributed by atoms with van der Waals surface area (Å²) < 4.78 is 9.10. The number of primary amides is 1. The van der Waals surface area contributed by atoms with Crippen LogP contribution in [-0.2, 0) is 23.1 Å². The van der Waals surface area contributed by atoms with Gasteiger partial charge < -0.3 is 15.0 Å². The van der Waals surface area contributed by atoms with Crippen LogP contribution in [0.15, 0.2) is 15.9 Å². The first-order valence-electron chi connectivity index (χ1n) is 6.99. The summed E-state index contributed by atoms with van der Waals surface area (Å²) in [5.41, 5.74) is 4.78. The number of amides is 1. The summed E-state index contributed by atoms with van der Waals surface area (Å²) in [5, 5.41) is 0. The Morgan fingerprint density at radius 1 is 1.55 bits per heavy atom. The van der Waals surface area contributed by atoms with Gasteiger partial charge in [-0.25, -0.2) is 9.78 Å². The van der Waals surface area contributed by atoms with Crippen molar-refractivity contribution in [1.29, 1.82) is 0 Å². The third kappa shape index (κ3) is 2.05. The van der Waals surface area contributed by atoms with Gasteiger partial charge in [0.2, 0.25) is 5.91 Å². The minimum Gasteiger partial charge on any atom is -0.376 e. The van der Waals surface area contributed by atoms with Crippen LogP contribution >= 0.6 is 0 Å². The van der Waals surface area contributed by atoms with Gasteiger partial charge in [-0.05, 0) is 13.3 Å². The van der Waals surface area contributed by atoms with E-state index in [1.54, 1.807) is 6.92 Å². The Hall–Kier alpha value is -2.42. The van der Waals surface area contributed by atoms with Gasteiger partial charge in [0.25, 0.3) is 5.56 Å². The van der Waals surface area contributed by atoms with Gasteiger partial charge in [0.1, 0.15) is 6.04 Å². The highest BCUT2D eigenvalue weighted by Gasteiger charge is 2.24. The molecule has 0 bridgehead atoms. The van der Waals surface area contributed by atoms with Crippen molar-refractivity contribution in [2.24, 2.45) is 12.8 Å². The van der Waals surface area contributed by atoms with E-state index in [2.05, 4.69) is 4.98 Å². The number of carbonyl (C=O) groups is 1. The predicted molar refractivity (Wildman–Crippen MR) is 77.5 cm³/mol. The molecule has 2 atom stereocenters. The standard InChI is InChI=1S/C13H17N5O4/c1-7(10(14)19)18-6-15-11-9(18)12(20)17(13(21)16(11)2)5-8-3-4-22-8/h6-8H,3-5H2,1-2H3,(H2,14,19)/t7-,8?/m0/s1. The van der Waals surface area contributed by atoms with Crippen molar-refractivity contribution in [3.63, 3.8) is 0 Å². The maximum absolute atomic E-state index is 12.7. The minimum absolute atomic E-state index is 0.132. The lowest BCUT2D eigenvalue weighted by atomic mass is 10.2. The highest BCUT2D eigenvalue weighted by molar-refractivity contribution is 5.81. The molecule has 0 spiro atoms. The fraction of sp³-hybridized carbons (Fsp3) is 0.538. The summed E-state index contributed by atoms with van der Waals surface area (Å²) in [7, 11) is 1.54. The summed E-state index contributed by atoms with van der Waals surface area (Å²) in [6.07, 6.45) is 2.03. The topological polar surface area (TPSA) is 114 Å². The van der Waals surface area contributed by atoms with E-state index in [1.807, 2.05) is 0 Å². The Labute approximate surface area is 124 Å². The highest BCUT2D eigenvalue weighted by atomic mass is 16.5. The van der Waals surface area contributed by atoms with Crippen LogP contribution in [-0.4, -0.2) is 37.3 Å². The molecule has 1 fully saturated rings. The molecule has 118 valence electrons. The molecule has 1 saturated heterocycles. The molecule has 1 amide bonds. The summed E-state index contributed by atoms with van der Waals surface area (Å²) in [4.78, 5) is 40.5. The maximum Gasteiger partial charge on any atom is 0.332 e. The Bertz CT molecular complexity index is 858. The number of nitrogens with zero attached hydrogens (tertiary/aromatic N) is 4. The van der Waals surface area contributed by atoms with Gasteiger partial charge in [0.15, 0.2) is 11.2 Å². The highest BCUT2D eigenvalue weighted by Crippen LogP contribution is 2.14. The monoisotopic (exact) mass is 307 g/mol. The molecule has 2 aromatic heterocycles. The first kappa shape index (κ1) is 14.5. The molecule has 0 radical (unpaired) electrons. The number of imidazole rings is 1. The van der Waals surface area contributed by atoms with E-state index in [0.29, 0.717) is 6.61 Å². The van der Waals surface area contributed by atoms with Gasteiger partial charge >= 0.3 is 5.69 Å². The van der Waals surface area contributed by atoms with Crippen LogP contribution in [0.2, 0.25) is 0 Å². The zero-order valence-electron chi connectivity index (χ0n) is 12.4. The molecule has 22 heavy (non-hydrogen) atoms. The molecule has 2 N–H and O–H groups in total. The lowest BCUT2D eigenvalue weighted by Crippen LogP contribution is -2.45. The number of fused-ring (bicyclic) bond motifs is 1. The third-order valence-electron chi connectivity index (χ3n) is 4.07. The van der Waals surface area contributed by atoms with E-state index in [9.17, 15) is 14.4 Å². The molecule has 1 aliphatic heterocycles. The molecule has 9 nitrogen and oxygen atoms in total. The first-order valence-corrected chi connectivity index (χ1v) is 6.99. The van der Waals surface area contributed by atoms with Crippen molar-refractivity contribution in [2.75, 3.05) is 6.61 Å². The summed E-state index contributed by atoms with van der Waals surface area (Å²) in [5.74, 6) is -0.582. The zero-order chi connectivity index (χ0) is 16.0. The van der Waals surface area contributed by atoms with Gasteiger partial charge in [0.05, 0.1) is 19.0 Å². The SMILES string of the molecule is C[C@@H](C(N)=O)n1cnc2c1c(=O)n(CC1CCO1)c(=O)n2C. The van der Waals surface area contributed by atoms with Crippen molar-refractivity contribution in [3.05, 3.63) is 27.2 Å². The number of ether oxygens (including phenoxy) is 1. The quantitative estimate of drug-likeness (QED) is 0.756. The molecular weight excluding hydrogens is 290 g/mol. The van der Waals surface area contributed by atoms with E-state index in [1.165, 1.54) is 22.5 Å². The lowest BCUT2D eigenvalue weighted by molar-refractivity contribution is -0.120. The summed E-state index contributed by atoms with van der Waals surface area (Å²) >= 11 is 0. The van der Waals surface area contributed by atoms with E-state index < -0.39 is 23.2 Å². The van der Waals surface area contributed by atoms with Crippen LogP contribution in [0, 0.1) is 0 Å². The fourth-order valence-electron chi connectivity index (χ4n) is 2.51. The van der Waals surface area contributed by atoms with Crippen LogP contribution < -0.4 is 17.0 Å². The van der Waals surface area contributed by atoms with Crippen molar-refractivity contribution >= 4 is 17.1 Å². The number of aromatic nitrogens is 4. The smallest absolute Gasteiger partial charge is 0.332 e. The molecule has 1 aliphatic rings. The molecule has 2 aromatic rings. The van der Waals surface area contributed by atoms with Gasteiger partial charge in [-0.15, -0.1) is 0 Å². The van der Waals surface area contributed by atoms with Gasteiger partial charge in [-0.2, -0.15) is 0 Å². The van der Waals surface area contributed by atoms with Crippen molar-refractivity contribution < 1.29 is 9.53 Å². The van der Waals surface area contributed by atoms with E-state index in [0.717, 1.165) is 11.0 Å².